The van der Waals surface area contributed by atoms with Gasteiger partial charge in [0.2, 0.25) is 0 Å². The summed E-state index contributed by atoms with van der Waals surface area (Å²) in [6.07, 6.45) is 4.15. The van der Waals surface area contributed by atoms with Crippen LogP contribution in [0.3, 0.4) is 0 Å². The van der Waals surface area contributed by atoms with E-state index in [1.807, 2.05) is 59.8 Å². The Labute approximate surface area is 233 Å². The third-order valence-electron chi connectivity index (χ3n) is 7.63. The molecule has 0 saturated heterocycles. The maximum absolute atomic E-state index is 14.2. The first kappa shape index (κ1) is 25.1. The second-order valence-corrected chi connectivity index (χ2v) is 10.8. The summed E-state index contributed by atoms with van der Waals surface area (Å²) in [6.45, 7) is 6.55. The zero-order valence-electron chi connectivity index (χ0n) is 22.6. The van der Waals surface area contributed by atoms with Gasteiger partial charge < -0.3 is 14.8 Å². The highest BCUT2D eigenvalue weighted by Gasteiger charge is 2.36. The van der Waals surface area contributed by atoms with Gasteiger partial charge in [0.1, 0.15) is 5.82 Å². The molecule has 0 bridgehead atoms. The van der Waals surface area contributed by atoms with E-state index in [1.54, 1.807) is 11.8 Å². The van der Waals surface area contributed by atoms with E-state index in [9.17, 15) is 4.79 Å². The van der Waals surface area contributed by atoms with Crippen LogP contribution >= 0.6 is 11.8 Å². The fraction of sp³-hybridized carbons (Fsp3) is 0.188. The van der Waals surface area contributed by atoms with E-state index in [0.717, 1.165) is 50.8 Å². The van der Waals surface area contributed by atoms with Gasteiger partial charge in [-0.2, -0.15) is 5.10 Å². The zero-order chi connectivity index (χ0) is 27.1. The quantitative estimate of drug-likeness (QED) is 0.244. The molecule has 2 aromatic heterocycles. The molecule has 6 nitrogen and oxygen atoms in total. The van der Waals surface area contributed by atoms with Crippen molar-refractivity contribution in [3.63, 3.8) is 0 Å². The predicted molar refractivity (Wildman–Crippen MR) is 158 cm³/mol. The topological polar surface area (TPSA) is 55.1 Å². The molecule has 1 aliphatic rings. The van der Waals surface area contributed by atoms with Gasteiger partial charge in [-0.25, -0.2) is 9.48 Å². The Morgan fingerprint density at radius 3 is 2.44 bits per heavy atom. The molecule has 1 aliphatic heterocycles. The lowest BCUT2D eigenvalue weighted by atomic mass is 10.0. The molecule has 3 heterocycles. The van der Waals surface area contributed by atoms with Crippen molar-refractivity contribution in [1.29, 1.82) is 0 Å². The lowest BCUT2D eigenvalue weighted by molar-refractivity contribution is 0.194. The molecule has 39 heavy (non-hydrogen) atoms. The first-order valence-electron chi connectivity index (χ1n) is 13.1. The number of hydrogen-bond acceptors (Lipinski definition) is 3. The van der Waals surface area contributed by atoms with Crippen LogP contribution in [0.1, 0.15) is 39.7 Å². The first-order valence-corrected chi connectivity index (χ1v) is 14.3. The third kappa shape index (κ3) is 4.42. The Kier molecular flexibility index (Phi) is 6.53. The van der Waals surface area contributed by atoms with Crippen molar-refractivity contribution < 1.29 is 4.79 Å². The Morgan fingerprint density at radius 2 is 1.69 bits per heavy atom. The Balaban J connectivity index is 1.53. The number of aryl methyl sites for hydroxylation is 2. The summed E-state index contributed by atoms with van der Waals surface area (Å²) in [6, 6.07) is 28.4. The van der Waals surface area contributed by atoms with Gasteiger partial charge in [-0.1, -0.05) is 42.5 Å². The summed E-state index contributed by atoms with van der Waals surface area (Å²) in [5.41, 5.74) is 8.02. The van der Waals surface area contributed by atoms with Crippen LogP contribution in [-0.4, -0.2) is 31.5 Å². The molecule has 0 radical (unpaired) electrons. The fourth-order valence-corrected chi connectivity index (χ4v) is 5.77. The van der Waals surface area contributed by atoms with Crippen molar-refractivity contribution in [3.05, 3.63) is 125 Å². The summed E-state index contributed by atoms with van der Waals surface area (Å²) in [5, 5.41) is 8.17. The highest BCUT2D eigenvalue weighted by atomic mass is 32.2. The van der Waals surface area contributed by atoms with Crippen LogP contribution in [0.5, 0.6) is 0 Å². The molecular formula is C32H31N5OS. The lowest BCUT2D eigenvalue weighted by Crippen LogP contribution is -2.38. The maximum atomic E-state index is 14.2. The number of aromatic nitrogens is 3. The van der Waals surface area contributed by atoms with Crippen LogP contribution in [0.25, 0.3) is 11.5 Å². The number of urea groups is 1. The molecule has 7 heteroatoms. The molecule has 0 fully saturated rings. The first-order chi connectivity index (χ1) is 19.0. The molecule has 0 spiro atoms. The predicted octanol–water partition coefficient (Wildman–Crippen LogP) is 7.45. The SMILES string of the molecule is CSc1ccc(C2c3cccn3-c3c(c(C)nn3-c3ccccc3)CN2C(=O)Nc2cccc(C)c2C)cc1. The molecule has 1 N–H and O–H groups in total. The minimum atomic E-state index is -0.294. The van der Waals surface area contributed by atoms with E-state index in [-0.39, 0.29) is 12.1 Å². The van der Waals surface area contributed by atoms with E-state index < -0.39 is 0 Å². The van der Waals surface area contributed by atoms with Gasteiger partial charge in [-0.15, -0.1) is 11.8 Å². The van der Waals surface area contributed by atoms with Crippen molar-refractivity contribution in [2.75, 3.05) is 11.6 Å². The van der Waals surface area contributed by atoms with E-state index in [2.05, 4.69) is 77.8 Å². The van der Waals surface area contributed by atoms with Crippen molar-refractivity contribution in [2.24, 2.45) is 0 Å². The number of anilines is 1. The van der Waals surface area contributed by atoms with Crippen LogP contribution in [0.4, 0.5) is 10.5 Å². The van der Waals surface area contributed by atoms with Gasteiger partial charge in [0, 0.05) is 22.3 Å². The van der Waals surface area contributed by atoms with Crippen molar-refractivity contribution in [2.45, 2.75) is 38.3 Å². The number of benzene rings is 3. The molecule has 0 saturated carbocycles. The van der Waals surface area contributed by atoms with E-state index in [4.69, 9.17) is 5.10 Å². The molecule has 196 valence electrons. The van der Waals surface area contributed by atoms with Gasteiger partial charge >= 0.3 is 6.03 Å². The highest BCUT2D eigenvalue weighted by molar-refractivity contribution is 7.98. The molecule has 1 unspecified atom stereocenters. The molecule has 5 aromatic rings. The van der Waals surface area contributed by atoms with Crippen LogP contribution in [-0.2, 0) is 6.54 Å². The van der Waals surface area contributed by atoms with E-state index >= 15 is 0 Å². The van der Waals surface area contributed by atoms with Gasteiger partial charge in [0.05, 0.1) is 29.7 Å². The molecule has 6 rings (SSSR count). The molecule has 2 amide bonds. The number of nitrogens with one attached hydrogen (secondary N) is 1. The van der Waals surface area contributed by atoms with E-state index in [1.165, 1.54) is 4.90 Å². The van der Waals surface area contributed by atoms with Crippen molar-refractivity contribution >= 4 is 23.5 Å². The van der Waals surface area contributed by atoms with Crippen molar-refractivity contribution in [1.82, 2.24) is 19.2 Å². The second-order valence-electron chi connectivity index (χ2n) is 9.92. The number of rotatable bonds is 4. The average molecular weight is 534 g/mol. The standard InChI is InChI=1S/C32H31N5OS/c1-21-10-8-13-28(22(21)2)33-32(38)36-20-27-23(3)34-37(25-11-6-5-7-12-25)31(27)35-19-9-14-29(35)30(36)24-15-17-26(39-4)18-16-24/h5-19,30H,20H2,1-4H3,(H,33,38). The number of carbonyl (C=O) groups is 1. The van der Waals surface area contributed by atoms with Gasteiger partial charge in [0.25, 0.3) is 0 Å². The van der Waals surface area contributed by atoms with Crippen LogP contribution in [0.15, 0.2) is 96.0 Å². The molecular weight excluding hydrogens is 502 g/mol. The smallest absolute Gasteiger partial charge is 0.308 e. The normalized spacial score (nSPS) is 14.5. The summed E-state index contributed by atoms with van der Waals surface area (Å²) < 4.78 is 4.19. The number of carbonyl (C=O) groups excluding carboxylic acids is 1. The largest absolute Gasteiger partial charge is 0.322 e. The van der Waals surface area contributed by atoms with Crippen molar-refractivity contribution in [3.8, 4) is 11.5 Å². The molecule has 0 aliphatic carbocycles. The summed E-state index contributed by atoms with van der Waals surface area (Å²) in [5.74, 6) is 0.964. The number of thioether (sulfide) groups is 1. The zero-order valence-corrected chi connectivity index (χ0v) is 23.4. The minimum Gasteiger partial charge on any atom is -0.308 e. The highest BCUT2D eigenvalue weighted by Crippen LogP contribution is 2.39. The van der Waals surface area contributed by atoms with Crippen LogP contribution in [0.2, 0.25) is 0 Å². The fourth-order valence-electron chi connectivity index (χ4n) is 5.36. The molecule has 3 aromatic carbocycles. The Hall–Kier alpha value is -4.23. The number of nitrogens with zero attached hydrogens (tertiary/aromatic N) is 4. The number of amides is 2. The van der Waals surface area contributed by atoms with Crippen LogP contribution < -0.4 is 5.32 Å². The monoisotopic (exact) mass is 533 g/mol. The summed E-state index contributed by atoms with van der Waals surface area (Å²) in [7, 11) is 0. The Morgan fingerprint density at radius 1 is 0.923 bits per heavy atom. The average Bonchev–Trinajstić information content (AvgIpc) is 3.52. The number of para-hydroxylation sites is 1. The summed E-state index contributed by atoms with van der Waals surface area (Å²) >= 11 is 1.71. The second kappa shape index (κ2) is 10.2. The minimum absolute atomic E-state index is 0.143. The number of fused-ring (bicyclic) bond motifs is 3. The maximum Gasteiger partial charge on any atom is 0.322 e. The van der Waals surface area contributed by atoms with Gasteiger partial charge in [-0.05, 0) is 86.2 Å². The van der Waals surface area contributed by atoms with Gasteiger partial charge in [0.15, 0.2) is 0 Å². The van der Waals surface area contributed by atoms with E-state index in [0.29, 0.717) is 6.54 Å². The van der Waals surface area contributed by atoms with Crippen LogP contribution in [0, 0.1) is 20.8 Å². The third-order valence-corrected chi connectivity index (χ3v) is 8.37. The van der Waals surface area contributed by atoms with Gasteiger partial charge in [-0.3, -0.25) is 0 Å². The Bertz CT molecular complexity index is 1650. The summed E-state index contributed by atoms with van der Waals surface area (Å²) in [4.78, 5) is 17.3. The lowest BCUT2D eigenvalue weighted by Gasteiger charge is -2.31. The number of hydrogen-bond donors (Lipinski definition) is 1. The molecule has 1 atom stereocenters.